The van der Waals surface area contributed by atoms with Crippen molar-refractivity contribution in [2.75, 3.05) is 0 Å². The number of rotatable bonds is 2. The van der Waals surface area contributed by atoms with Crippen LogP contribution in [0, 0.1) is 0 Å². The Hall–Kier alpha value is -1.95. The third kappa shape index (κ3) is 2.46. The largest absolute Gasteiger partial charge is 0.494 e. The average molecular weight is 335 g/mol. The lowest BCUT2D eigenvalue weighted by Gasteiger charge is -2.32. The van der Waals surface area contributed by atoms with Gasteiger partial charge in [-0.25, -0.2) is 0 Å². The van der Waals surface area contributed by atoms with Gasteiger partial charge in [0.15, 0.2) is 0 Å². The summed E-state index contributed by atoms with van der Waals surface area (Å²) in [5.74, 6) is 0. The second kappa shape index (κ2) is 5.27. The summed E-state index contributed by atoms with van der Waals surface area (Å²) in [6.45, 7) is 8.13. The van der Waals surface area contributed by atoms with Crippen LogP contribution in [0.1, 0.15) is 44.4 Å². The fourth-order valence-electron chi connectivity index (χ4n) is 3.32. The van der Waals surface area contributed by atoms with Gasteiger partial charge >= 0.3 is 7.12 Å². The zero-order valence-corrected chi connectivity index (χ0v) is 15.0. The molecule has 2 aliphatic rings. The van der Waals surface area contributed by atoms with E-state index in [1.54, 1.807) is 12.4 Å². The highest BCUT2D eigenvalue weighted by molar-refractivity contribution is 6.62. The third-order valence-electron chi connectivity index (χ3n) is 5.62. The van der Waals surface area contributed by atoms with Crippen LogP contribution in [0.25, 0.3) is 6.08 Å². The Labute approximate surface area is 148 Å². The number of fused-ring (bicyclic) bond motifs is 1. The van der Waals surface area contributed by atoms with E-state index < -0.39 is 23.9 Å². The second-order valence-corrected chi connectivity index (χ2v) is 7.78. The SMILES string of the molecule is CC1(C)OB(c2cccc([C@]3(O)C=Cc4ccncc43)c2)OC1(C)C. The van der Waals surface area contributed by atoms with Crippen LogP contribution in [0.2, 0.25) is 0 Å². The molecule has 1 aromatic carbocycles. The molecule has 1 aromatic heterocycles. The highest BCUT2D eigenvalue weighted by Crippen LogP contribution is 2.39. The van der Waals surface area contributed by atoms with E-state index in [1.807, 2.05) is 70.2 Å². The summed E-state index contributed by atoms with van der Waals surface area (Å²) in [4.78, 5) is 4.17. The van der Waals surface area contributed by atoms with Gasteiger partial charge in [0.25, 0.3) is 0 Å². The molecule has 128 valence electrons. The van der Waals surface area contributed by atoms with Gasteiger partial charge in [0.2, 0.25) is 0 Å². The van der Waals surface area contributed by atoms with Crippen LogP contribution in [0.4, 0.5) is 0 Å². The first-order valence-electron chi connectivity index (χ1n) is 8.55. The summed E-state index contributed by atoms with van der Waals surface area (Å²) in [6.07, 6.45) is 7.19. The van der Waals surface area contributed by atoms with Gasteiger partial charge in [-0.3, -0.25) is 4.98 Å². The molecule has 25 heavy (non-hydrogen) atoms. The molecule has 4 rings (SSSR count). The van der Waals surface area contributed by atoms with E-state index in [1.165, 1.54) is 0 Å². The molecule has 2 aromatic rings. The van der Waals surface area contributed by atoms with E-state index in [9.17, 15) is 5.11 Å². The monoisotopic (exact) mass is 335 g/mol. The lowest BCUT2D eigenvalue weighted by molar-refractivity contribution is 0.00578. The van der Waals surface area contributed by atoms with Crippen LogP contribution in [-0.4, -0.2) is 28.4 Å². The number of pyridine rings is 1. The van der Waals surface area contributed by atoms with Crippen molar-refractivity contribution in [2.45, 2.75) is 44.5 Å². The molecule has 4 nitrogen and oxygen atoms in total. The molecular formula is C20H22BNO3. The smallest absolute Gasteiger partial charge is 0.399 e. The number of aromatic nitrogens is 1. The molecule has 1 aliphatic heterocycles. The average Bonchev–Trinajstić information content (AvgIpc) is 3.03. The predicted molar refractivity (Wildman–Crippen MR) is 98.4 cm³/mol. The molecule has 1 fully saturated rings. The lowest BCUT2D eigenvalue weighted by atomic mass is 9.76. The molecular weight excluding hydrogens is 313 g/mol. The Balaban J connectivity index is 1.72. The summed E-state index contributed by atoms with van der Waals surface area (Å²) in [5, 5.41) is 11.3. The summed E-state index contributed by atoms with van der Waals surface area (Å²) in [5.41, 5.74) is 1.49. The molecule has 0 bridgehead atoms. The van der Waals surface area contributed by atoms with Crippen LogP contribution in [0.15, 0.2) is 48.8 Å². The van der Waals surface area contributed by atoms with Crippen LogP contribution in [0.5, 0.6) is 0 Å². The van der Waals surface area contributed by atoms with Gasteiger partial charge in [-0.05, 0) is 56.4 Å². The third-order valence-corrected chi connectivity index (χ3v) is 5.62. The first-order chi connectivity index (χ1) is 11.7. The standard InChI is InChI=1S/C20H22BNO3/c1-18(2)19(3,4)25-21(24-18)16-7-5-6-15(12-16)20(23)10-8-14-9-11-22-13-17(14)20/h5-13,23H,1-4H3/t20-/m1/s1. The summed E-state index contributed by atoms with van der Waals surface area (Å²) < 4.78 is 12.3. The number of aliphatic hydroxyl groups is 1. The van der Waals surface area contributed by atoms with Crippen LogP contribution in [-0.2, 0) is 14.9 Å². The van der Waals surface area contributed by atoms with Crippen molar-refractivity contribution in [2.24, 2.45) is 0 Å². The maximum Gasteiger partial charge on any atom is 0.494 e. The Kier molecular flexibility index (Phi) is 3.49. The minimum atomic E-state index is -1.18. The molecule has 1 aliphatic carbocycles. The van der Waals surface area contributed by atoms with Crippen molar-refractivity contribution in [3.8, 4) is 0 Å². The number of hydrogen-bond donors (Lipinski definition) is 1. The van der Waals surface area contributed by atoms with Gasteiger partial charge in [0.05, 0.1) is 11.2 Å². The maximum absolute atomic E-state index is 11.3. The molecule has 0 saturated carbocycles. The van der Waals surface area contributed by atoms with Crippen LogP contribution in [0.3, 0.4) is 0 Å². The van der Waals surface area contributed by atoms with Crippen molar-refractivity contribution in [1.29, 1.82) is 0 Å². The zero-order chi connectivity index (χ0) is 17.9. The molecule has 1 saturated heterocycles. The van der Waals surface area contributed by atoms with Gasteiger partial charge in [0.1, 0.15) is 5.60 Å². The van der Waals surface area contributed by atoms with E-state index in [-0.39, 0.29) is 0 Å². The quantitative estimate of drug-likeness (QED) is 0.858. The molecule has 0 unspecified atom stereocenters. The fourth-order valence-corrected chi connectivity index (χ4v) is 3.32. The topological polar surface area (TPSA) is 51.6 Å². The first kappa shape index (κ1) is 16.5. The first-order valence-corrected chi connectivity index (χ1v) is 8.55. The van der Waals surface area contributed by atoms with E-state index in [2.05, 4.69) is 4.98 Å². The molecule has 0 spiro atoms. The van der Waals surface area contributed by atoms with Gasteiger partial charge in [-0.2, -0.15) is 0 Å². The van der Waals surface area contributed by atoms with Gasteiger partial charge in [0, 0.05) is 18.0 Å². The minimum absolute atomic E-state index is 0.394. The number of nitrogens with zero attached hydrogens (tertiary/aromatic N) is 1. The van der Waals surface area contributed by atoms with Crippen LogP contribution >= 0.6 is 0 Å². The van der Waals surface area contributed by atoms with Crippen molar-refractivity contribution in [3.63, 3.8) is 0 Å². The summed E-state index contributed by atoms with van der Waals surface area (Å²) >= 11 is 0. The molecule has 0 radical (unpaired) electrons. The van der Waals surface area contributed by atoms with Crippen molar-refractivity contribution < 1.29 is 14.4 Å². The lowest BCUT2D eigenvalue weighted by Crippen LogP contribution is -2.41. The Bertz CT molecular complexity index is 846. The van der Waals surface area contributed by atoms with Crippen molar-refractivity contribution >= 4 is 18.7 Å². The molecule has 5 heteroatoms. The highest BCUT2D eigenvalue weighted by Gasteiger charge is 2.52. The second-order valence-electron chi connectivity index (χ2n) is 7.78. The summed E-state index contributed by atoms with van der Waals surface area (Å²) in [7, 11) is -0.452. The van der Waals surface area contributed by atoms with Crippen LogP contribution < -0.4 is 5.46 Å². The molecule has 2 heterocycles. The van der Waals surface area contributed by atoms with E-state index in [4.69, 9.17) is 9.31 Å². The minimum Gasteiger partial charge on any atom is -0.399 e. The summed E-state index contributed by atoms with van der Waals surface area (Å²) in [6, 6.07) is 9.67. The normalized spacial score (nSPS) is 26.0. The zero-order valence-electron chi connectivity index (χ0n) is 15.0. The van der Waals surface area contributed by atoms with E-state index >= 15 is 0 Å². The Morgan fingerprint density at radius 1 is 1.04 bits per heavy atom. The Morgan fingerprint density at radius 3 is 2.48 bits per heavy atom. The maximum atomic E-state index is 11.3. The van der Waals surface area contributed by atoms with Gasteiger partial charge < -0.3 is 14.4 Å². The van der Waals surface area contributed by atoms with Gasteiger partial charge in [-0.15, -0.1) is 0 Å². The Morgan fingerprint density at radius 2 is 1.76 bits per heavy atom. The number of hydrogen-bond acceptors (Lipinski definition) is 4. The van der Waals surface area contributed by atoms with Crippen molar-refractivity contribution in [1.82, 2.24) is 4.98 Å². The highest BCUT2D eigenvalue weighted by atomic mass is 16.7. The molecule has 0 amide bonds. The number of benzene rings is 1. The molecule has 1 atom stereocenters. The van der Waals surface area contributed by atoms with Gasteiger partial charge in [-0.1, -0.05) is 30.3 Å². The van der Waals surface area contributed by atoms with E-state index in [0.29, 0.717) is 0 Å². The fraction of sp³-hybridized carbons (Fsp3) is 0.350. The van der Waals surface area contributed by atoms with Crippen molar-refractivity contribution in [3.05, 3.63) is 65.5 Å². The molecule has 1 N–H and O–H groups in total. The van der Waals surface area contributed by atoms with E-state index in [0.717, 1.165) is 22.2 Å². The predicted octanol–water partition coefficient (Wildman–Crippen LogP) is 2.64.